The largest absolute Gasteiger partial charge is 0.399 e. The molecule has 0 aliphatic carbocycles. The number of benzene rings is 1. The summed E-state index contributed by atoms with van der Waals surface area (Å²) in [5.41, 5.74) is 5.88. The summed E-state index contributed by atoms with van der Waals surface area (Å²) in [5, 5.41) is 5.24. The van der Waals surface area contributed by atoms with Gasteiger partial charge in [0.25, 0.3) is 6.43 Å². The molecular weight excluding hydrogens is 228 g/mol. The highest BCUT2D eigenvalue weighted by Gasteiger charge is 2.13. The maximum absolute atomic E-state index is 12.7. The number of alkyl halides is 2. The van der Waals surface area contributed by atoms with E-state index in [1.807, 2.05) is 0 Å². The molecule has 17 heavy (non-hydrogen) atoms. The van der Waals surface area contributed by atoms with E-state index in [9.17, 15) is 13.6 Å². The second-order valence-electron chi connectivity index (χ2n) is 3.50. The van der Waals surface area contributed by atoms with E-state index in [1.54, 1.807) is 0 Å². The van der Waals surface area contributed by atoms with Crippen molar-refractivity contribution in [3.8, 4) is 0 Å². The van der Waals surface area contributed by atoms with Gasteiger partial charge in [-0.2, -0.15) is 0 Å². The van der Waals surface area contributed by atoms with Crippen molar-refractivity contribution >= 4 is 17.3 Å². The van der Waals surface area contributed by atoms with E-state index in [1.165, 1.54) is 25.2 Å². The van der Waals surface area contributed by atoms with Crippen LogP contribution in [-0.4, -0.2) is 19.5 Å². The van der Waals surface area contributed by atoms with Crippen molar-refractivity contribution in [1.82, 2.24) is 5.32 Å². The fraction of sp³-hybridized carbons (Fsp3) is 0.364. The molecule has 6 heteroatoms. The number of halogens is 2. The minimum absolute atomic E-state index is 0.147. The number of nitrogens with one attached hydrogen (secondary N) is 2. The standard InChI is InChI=1S/C11H15F2N3O/c1-15-10(17)4-5-16-9-3-2-7(14)6-8(9)11(12)13/h2-3,6,11,16H,4-5,14H2,1H3,(H,15,17). The van der Waals surface area contributed by atoms with E-state index in [0.717, 1.165) is 0 Å². The predicted molar refractivity (Wildman–Crippen MR) is 63.0 cm³/mol. The maximum atomic E-state index is 12.7. The smallest absolute Gasteiger partial charge is 0.265 e. The Kier molecular flexibility index (Phi) is 4.68. The molecule has 1 amide bonds. The molecule has 0 heterocycles. The van der Waals surface area contributed by atoms with Crippen LogP contribution in [0.1, 0.15) is 18.4 Å². The first-order chi connectivity index (χ1) is 8.04. The van der Waals surface area contributed by atoms with Gasteiger partial charge in [0, 0.05) is 37.0 Å². The normalized spacial score (nSPS) is 10.4. The van der Waals surface area contributed by atoms with Crippen molar-refractivity contribution in [3.63, 3.8) is 0 Å². The highest BCUT2D eigenvalue weighted by Crippen LogP contribution is 2.28. The van der Waals surface area contributed by atoms with Crippen molar-refractivity contribution in [3.05, 3.63) is 23.8 Å². The van der Waals surface area contributed by atoms with Gasteiger partial charge in [-0.3, -0.25) is 4.79 Å². The van der Waals surface area contributed by atoms with Crippen LogP contribution in [0.5, 0.6) is 0 Å². The van der Waals surface area contributed by atoms with Gasteiger partial charge in [-0.1, -0.05) is 0 Å². The zero-order chi connectivity index (χ0) is 12.8. The molecule has 4 N–H and O–H groups in total. The predicted octanol–water partition coefficient (Wildman–Crippen LogP) is 1.75. The van der Waals surface area contributed by atoms with Gasteiger partial charge in [0.1, 0.15) is 0 Å². The second-order valence-corrected chi connectivity index (χ2v) is 3.50. The number of rotatable bonds is 5. The van der Waals surface area contributed by atoms with E-state index in [4.69, 9.17) is 5.73 Å². The first-order valence-corrected chi connectivity index (χ1v) is 5.16. The van der Waals surface area contributed by atoms with Crippen LogP contribution in [0.2, 0.25) is 0 Å². The average molecular weight is 243 g/mol. The third-order valence-electron chi connectivity index (χ3n) is 2.26. The van der Waals surface area contributed by atoms with Crippen LogP contribution < -0.4 is 16.4 Å². The minimum Gasteiger partial charge on any atom is -0.399 e. The average Bonchev–Trinajstić information content (AvgIpc) is 2.30. The summed E-state index contributed by atoms with van der Waals surface area (Å²) < 4.78 is 25.4. The highest BCUT2D eigenvalue weighted by molar-refractivity contribution is 5.76. The molecule has 1 aromatic rings. The van der Waals surface area contributed by atoms with Gasteiger partial charge in [-0.15, -0.1) is 0 Å². The Bertz CT molecular complexity index is 396. The van der Waals surface area contributed by atoms with E-state index in [0.29, 0.717) is 12.2 Å². The molecule has 1 rings (SSSR count). The number of hydrogen-bond acceptors (Lipinski definition) is 3. The zero-order valence-electron chi connectivity index (χ0n) is 9.47. The lowest BCUT2D eigenvalue weighted by molar-refractivity contribution is -0.120. The second kappa shape index (κ2) is 6.03. The molecule has 0 atom stereocenters. The first-order valence-electron chi connectivity index (χ1n) is 5.16. The summed E-state index contributed by atoms with van der Waals surface area (Å²) in [7, 11) is 1.52. The minimum atomic E-state index is -2.60. The summed E-state index contributed by atoms with van der Waals surface area (Å²) in [4.78, 5) is 11.0. The summed E-state index contributed by atoms with van der Waals surface area (Å²) in [6.07, 6.45) is -2.37. The van der Waals surface area contributed by atoms with Crippen LogP contribution in [0, 0.1) is 0 Å². The topological polar surface area (TPSA) is 67.2 Å². The molecule has 0 aliphatic rings. The third-order valence-corrected chi connectivity index (χ3v) is 2.26. The van der Waals surface area contributed by atoms with E-state index in [-0.39, 0.29) is 23.6 Å². The number of hydrogen-bond donors (Lipinski definition) is 3. The molecule has 0 unspecified atom stereocenters. The summed E-state index contributed by atoms with van der Waals surface area (Å²) in [6, 6.07) is 4.25. The summed E-state index contributed by atoms with van der Waals surface area (Å²) in [5.74, 6) is -0.147. The van der Waals surface area contributed by atoms with E-state index >= 15 is 0 Å². The van der Waals surface area contributed by atoms with E-state index in [2.05, 4.69) is 10.6 Å². The van der Waals surface area contributed by atoms with Crippen molar-refractivity contribution in [2.75, 3.05) is 24.6 Å². The Labute approximate surface area is 98.2 Å². The van der Waals surface area contributed by atoms with Crippen molar-refractivity contribution < 1.29 is 13.6 Å². The Hall–Kier alpha value is -1.85. The van der Waals surface area contributed by atoms with Gasteiger partial charge in [0.15, 0.2) is 0 Å². The summed E-state index contributed by atoms with van der Waals surface area (Å²) >= 11 is 0. The lowest BCUT2D eigenvalue weighted by Crippen LogP contribution is -2.21. The summed E-state index contributed by atoms with van der Waals surface area (Å²) in [6.45, 7) is 0.295. The number of carbonyl (C=O) groups is 1. The molecule has 0 saturated heterocycles. The molecule has 0 fully saturated rings. The van der Waals surface area contributed by atoms with Crippen LogP contribution in [-0.2, 0) is 4.79 Å². The Morgan fingerprint density at radius 3 is 2.76 bits per heavy atom. The zero-order valence-corrected chi connectivity index (χ0v) is 9.47. The molecule has 0 saturated carbocycles. The fourth-order valence-electron chi connectivity index (χ4n) is 1.36. The van der Waals surface area contributed by atoms with Crippen LogP contribution in [0.4, 0.5) is 20.2 Å². The highest BCUT2D eigenvalue weighted by atomic mass is 19.3. The Morgan fingerprint density at radius 2 is 2.18 bits per heavy atom. The number of nitrogens with two attached hydrogens (primary N) is 1. The van der Waals surface area contributed by atoms with Gasteiger partial charge in [-0.25, -0.2) is 8.78 Å². The lowest BCUT2D eigenvalue weighted by Gasteiger charge is -2.11. The SMILES string of the molecule is CNC(=O)CCNc1ccc(N)cc1C(F)F. The molecule has 0 aliphatic heterocycles. The number of nitrogen functional groups attached to an aromatic ring is 1. The van der Waals surface area contributed by atoms with Crippen LogP contribution >= 0.6 is 0 Å². The molecule has 0 radical (unpaired) electrons. The number of anilines is 2. The Morgan fingerprint density at radius 1 is 1.47 bits per heavy atom. The quantitative estimate of drug-likeness (QED) is 0.690. The monoisotopic (exact) mass is 243 g/mol. The molecule has 1 aromatic carbocycles. The lowest BCUT2D eigenvalue weighted by atomic mass is 10.1. The number of carbonyl (C=O) groups excluding carboxylic acids is 1. The van der Waals surface area contributed by atoms with Crippen LogP contribution in [0.15, 0.2) is 18.2 Å². The van der Waals surface area contributed by atoms with Crippen LogP contribution in [0.25, 0.3) is 0 Å². The van der Waals surface area contributed by atoms with Gasteiger partial charge in [0.05, 0.1) is 0 Å². The van der Waals surface area contributed by atoms with Crippen LogP contribution in [0.3, 0.4) is 0 Å². The molecule has 4 nitrogen and oxygen atoms in total. The van der Waals surface area contributed by atoms with Crippen molar-refractivity contribution in [1.29, 1.82) is 0 Å². The molecule has 0 aromatic heterocycles. The van der Waals surface area contributed by atoms with Gasteiger partial charge >= 0.3 is 0 Å². The molecule has 94 valence electrons. The number of amides is 1. The van der Waals surface area contributed by atoms with Crippen molar-refractivity contribution in [2.45, 2.75) is 12.8 Å². The van der Waals surface area contributed by atoms with Gasteiger partial charge in [-0.05, 0) is 18.2 Å². The van der Waals surface area contributed by atoms with Gasteiger partial charge < -0.3 is 16.4 Å². The molecule has 0 spiro atoms. The molecule has 0 bridgehead atoms. The fourth-order valence-corrected chi connectivity index (χ4v) is 1.36. The van der Waals surface area contributed by atoms with Gasteiger partial charge in [0.2, 0.25) is 5.91 Å². The van der Waals surface area contributed by atoms with Crippen molar-refractivity contribution in [2.24, 2.45) is 0 Å². The third kappa shape index (κ3) is 3.90. The maximum Gasteiger partial charge on any atom is 0.265 e. The molecular formula is C11H15F2N3O. The first kappa shape index (κ1) is 13.2. The Balaban J connectivity index is 2.67. The van der Waals surface area contributed by atoms with E-state index < -0.39 is 6.43 Å².